The maximum Gasteiger partial charge on any atom is 1.00 e. The van der Waals surface area contributed by atoms with Crippen molar-refractivity contribution in [1.82, 2.24) is 5.32 Å². The molecule has 0 spiro atoms. The normalized spacial score (nSPS) is 11.8. The summed E-state index contributed by atoms with van der Waals surface area (Å²) < 4.78 is 0. The van der Waals surface area contributed by atoms with Crippen molar-refractivity contribution >= 4 is 5.97 Å². The first-order valence-electron chi connectivity index (χ1n) is 2.60. The Balaban J connectivity index is 0. The van der Waals surface area contributed by atoms with Crippen LogP contribution in [0.1, 0.15) is 13.3 Å². The number of rotatable bonds is 3. The van der Waals surface area contributed by atoms with Gasteiger partial charge in [0, 0.05) is 6.04 Å². The largest absolute Gasteiger partial charge is 1.00 e. The predicted molar refractivity (Wildman–Crippen MR) is 28.1 cm³/mol. The summed E-state index contributed by atoms with van der Waals surface area (Å²) in [6.07, 6.45) is 0.568. The van der Waals surface area contributed by atoms with Crippen LogP contribution in [0.5, 0.6) is 0 Å². The van der Waals surface area contributed by atoms with Crippen LogP contribution < -0.4 is 61.8 Å². The summed E-state index contributed by atoms with van der Waals surface area (Å²) in [7, 11) is 1.60. The van der Waals surface area contributed by atoms with Crippen molar-refractivity contribution in [2.45, 2.75) is 19.4 Å². The standard InChI is InChI=1S/C5H11NO2.K/c1-3-4(6-2)5(7)8;/h4,6H,3H2,1-2H3,(H,7,8);/q;+1/p-1. The SMILES string of the molecule is CCC(NC)C(=O)[O-].[K+]. The number of likely N-dealkylation sites (N-methyl/N-ethyl adjacent to an activating group) is 1. The molecule has 0 heterocycles. The van der Waals surface area contributed by atoms with Crippen molar-refractivity contribution in [1.29, 1.82) is 0 Å². The molecule has 0 fully saturated rings. The van der Waals surface area contributed by atoms with Gasteiger partial charge in [0.25, 0.3) is 0 Å². The fourth-order valence-corrected chi connectivity index (χ4v) is 0.489. The second kappa shape index (κ2) is 7.18. The Bertz CT molecular complexity index is 83.0. The van der Waals surface area contributed by atoms with Crippen LogP contribution >= 0.6 is 0 Å². The van der Waals surface area contributed by atoms with Crippen molar-refractivity contribution in [3.05, 3.63) is 0 Å². The van der Waals surface area contributed by atoms with Crippen molar-refractivity contribution in [3.63, 3.8) is 0 Å². The van der Waals surface area contributed by atoms with Gasteiger partial charge in [0.15, 0.2) is 0 Å². The van der Waals surface area contributed by atoms with Crippen molar-refractivity contribution in [3.8, 4) is 0 Å². The van der Waals surface area contributed by atoms with Gasteiger partial charge in [-0.25, -0.2) is 0 Å². The Labute approximate surface area is 97.6 Å². The number of carboxylic acids is 1. The third kappa shape index (κ3) is 5.51. The first kappa shape index (κ1) is 12.7. The predicted octanol–water partition coefficient (Wildman–Crippen LogP) is -4.26. The van der Waals surface area contributed by atoms with Crippen LogP contribution in [0.4, 0.5) is 0 Å². The van der Waals surface area contributed by atoms with Crippen molar-refractivity contribution in [2.75, 3.05) is 7.05 Å². The molecular weight excluding hydrogens is 145 g/mol. The van der Waals surface area contributed by atoms with E-state index in [1.807, 2.05) is 0 Å². The summed E-state index contributed by atoms with van der Waals surface area (Å²) in [5, 5.41) is 12.6. The van der Waals surface area contributed by atoms with Gasteiger partial charge in [-0.3, -0.25) is 0 Å². The zero-order chi connectivity index (χ0) is 6.57. The van der Waals surface area contributed by atoms with Gasteiger partial charge in [-0.1, -0.05) is 6.92 Å². The second-order valence-corrected chi connectivity index (χ2v) is 1.57. The van der Waals surface area contributed by atoms with Gasteiger partial charge in [-0.2, -0.15) is 0 Å². The molecule has 0 saturated heterocycles. The molecule has 0 aromatic heterocycles. The third-order valence-corrected chi connectivity index (χ3v) is 1.04. The Hall–Kier alpha value is 1.07. The summed E-state index contributed by atoms with van der Waals surface area (Å²) in [5.74, 6) is -1.03. The van der Waals surface area contributed by atoms with Crippen molar-refractivity contribution in [2.24, 2.45) is 0 Å². The summed E-state index contributed by atoms with van der Waals surface area (Å²) in [6, 6.07) is -0.491. The number of hydrogen-bond acceptors (Lipinski definition) is 3. The van der Waals surface area contributed by atoms with E-state index in [-0.39, 0.29) is 51.4 Å². The second-order valence-electron chi connectivity index (χ2n) is 1.57. The number of carbonyl (C=O) groups is 1. The number of carboxylic acid groups (broad SMARTS) is 1. The minimum atomic E-state index is -1.03. The van der Waals surface area contributed by atoms with E-state index in [0.29, 0.717) is 6.42 Å². The Kier molecular flexibility index (Phi) is 10.1. The molecule has 0 aliphatic heterocycles. The first-order valence-corrected chi connectivity index (χ1v) is 2.60. The Morgan fingerprint density at radius 1 is 1.78 bits per heavy atom. The van der Waals surface area contributed by atoms with Gasteiger partial charge < -0.3 is 15.2 Å². The average Bonchev–Trinajstić information content (AvgIpc) is 1.69. The molecule has 0 aliphatic carbocycles. The molecule has 0 rings (SSSR count). The molecule has 0 aromatic carbocycles. The van der Waals surface area contributed by atoms with Crippen molar-refractivity contribution < 1.29 is 61.3 Å². The molecular formula is C5H10KNO2. The fourth-order valence-electron chi connectivity index (χ4n) is 0.489. The number of aliphatic carboxylic acids is 1. The van der Waals surface area contributed by atoms with Gasteiger partial charge in [-0.15, -0.1) is 0 Å². The van der Waals surface area contributed by atoms with Crippen LogP contribution in [0, 0.1) is 0 Å². The summed E-state index contributed by atoms with van der Waals surface area (Å²) in [4.78, 5) is 9.99. The molecule has 1 N–H and O–H groups in total. The van der Waals surface area contributed by atoms with E-state index < -0.39 is 12.0 Å². The van der Waals surface area contributed by atoms with Crippen LogP contribution in [-0.2, 0) is 4.79 Å². The number of hydrogen-bond donors (Lipinski definition) is 1. The van der Waals surface area contributed by atoms with Crippen LogP contribution in [-0.4, -0.2) is 19.1 Å². The van der Waals surface area contributed by atoms with E-state index in [1.54, 1.807) is 14.0 Å². The van der Waals surface area contributed by atoms with Crippen LogP contribution in [0.25, 0.3) is 0 Å². The summed E-state index contributed by atoms with van der Waals surface area (Å²) in [6.45, 7) is 1.79. The van der Waals surface area contributed by atoms with Gasteiger partial charge in [0.05, 0.1) is 5.97 Å². The zero-order valence-corrected chi connectivity index (χ0v) is 9.22. The van der Waals surface area contributed by atoms with Gasteiger partial charge in [0.1, 0.15) is 0 Å². The van der Waals surface area contributed by atoms with E-state index in [2.05, 4.69) is 5.32 Å². The molecule has 0 radical (unpaired) electrons. The monoisotopic (exact) mass is 155 g/mol. The Morgan fingerprint density at radius 2 is 2.22 bits per heavy atom. The smallest absolute Gasteiger partial charge is 0.548 e. The fraction of sp³-hybridized carbons (Fsp3) is 0.800. The number of carbonyl (C=O) groups excluding carboxylic acids is 1. The zero-order valence-electron chi connectivity index (χ0n) is 6.10. The topological polar surface area (TPSA) is 52.2 Å². The van der Waals surface area contributed by atoms with Gasteiger partial charge >= 0.3 is 51.4 Å². The summed E-state index contributed by atoms with van der Waals surface area (Å²) in [5.41, 5.74) is 0. The molecule has 3 nitrogen and oxygen atoms in total. The minimum Gasteiger partial charge on any atom is -0.548 e. The maximum atomic E-state index is 9.99. The van der Waals surface area contributed by atoms with Gasteiger partial charge in [-0.05, 0) is 13.5 Å². The quantitative estimate of drug-likeness (QED) is 0.420. The van der Waals surface area contributed by atoms with Crippen LogP contribution in [0.3, 0.4) is 0 Å². The van der Waals surface area contributed by atoms with E-state index in [1.165, 1.54) is 0 Å². The van der Waals surface area contributed by atoms with E-state index in [9.17, 15) is 9.90 Å². The van der Waals surface area contributed by atoms with Crippen LogP contribution in [0.2, 0.25) is 0 Å². The summed E-state index contributed by atoms with van der Waals surface area (Å²) >= 11 is 0. The molecule has 1 unspecified atom stereocenters. The molecule has 9 heavy (non-hydrogen) atoms. The third-order valence-electron chi connectivity index (χ3n) is 1.04. The molecule has 1 atom stereocenters. The number of nitrogens with one attached hydrogen (secondary N) is 1. The average molecular weight is 155 g/mol. The molecule has 0 aliphatic rings. The molecule has 4 heteroatoms. The molecule has 0 bridgehead atoms. The molecule has 0 aromatic rings. The molecule has 48 valence electrons. The minimum absolute atomic E-state index is 0. The maximum absolute atomic E-state index is 9.99. The Morgan fingerprint density at radius 3 is 2.22 bits per heavy atom. The molecule has 0 amide bonds. The van der Waals surface area contributed by atoms with E-state index in [0.717, 1.165) is 0 Å². The first-order chi connectivity index (χ1) is 3.72. The van der Waals surface area contributed by atoms with Crippen LogP contribution in [0.15, 0.2) is 0 Å². The van der Waals surface area contributed by atoms with E-state index >= 15 is 0 Å². The molecule has 0 saturated carbocycles. The van der Waals surface area contributed by atoms with E-state index in [4.69, 9.17) is 0 Å². The van der Waals surface area contributed by atoms with Gasteiger partial charge in [0.2, 0.25) is 0 Å².